The molecule has 1 aliphatic carbocycles. The Labute approximate surface area is 230 Å². The lowest BCUT2D eigenvalue weighted by molar-refractivity contribution is -0.135. The molecule has 0 atom stereocenters. The van der Waals surface area contributed by atoms with E-state index in [2.05, 4.69) is 37.9 Å². The van der Waals surface area contributed by atoms with Gasteiger partial charge in [-0.3, -0.25) is 14.2 Å². The third kappa shape index (κ3) is 4.46. The predicted molar refractivity (Wildman–Crippen MR) is 151 cm³/mol. The van der Waals surface area contributed by atoms with Crippen LogP contribution in [0.2, 0.25) is 0 Å². The molecule has 0 unspecified atom stereocenters. The first kappa shape index (κ1) is 24.9. The van der Waals surface area contributed by atoms with Gasteiger partial charge in [0.1, 0.15) is 0 Å². The zero-order chi connectivity index (χ0) is 26.7. The fourth-order valence-electron chi connectivity index (χ4n) is 6.84. The summed E-state index contributed by atoms with van der Waals surface area (Å²) in [7, 11) is 1.99. The fraction of sp³-hybridized carbons (Fsp3) is 0.581. The number of aryl methyl sites for hydroxylation is 2. The zero-order valence-electron chi connectivity index (χ0n) is 23.5. The molecule has 8 heteroatoms. The number of ether oxygens (including phenoxy) is 1. The van der Waals surface area contributed by atoms with E-state index in [1.54, 1.807) is 0 Å². The van der Waals surface area contributed by atoms with Gasteiger partial charge in [-0.1, -0.05) is 13.8 Å². The van der Waals surface area contributed by atoms with Crippen LogP contribution in [0.5, 0.6) is 0 Å². The van der Waals surface area contributed by atoms with Crippen molar-refractivity contribution in [1.29, 1.82) is 0 Å². The molecule has 0 radical (unpaired) electrons. The molecular formula is C31H40N6O2. The minimum Gasteiger partial charge on any atom is -0.381 e. The molecule has 3 aromatic rings. The minimum absolute atomic E-state index is 0.00301. The van der Waals surface area contributed by atoms with Gasteiger partial charge in [-0.15, -0.1) is 0 Å². The monoisotopic (exact) mass is 528 g/mol. The quantitative estimate of drug-likeness (QED) is 0.459. The zero-order valence-corrected chi connectivity index (χ0v) is 23.5. The van der Waals surface area contributed by atoms with E-state index in [0.29, 0.717) is 18.5 Å². The van der Waals surface area contributed by atoms with Crippen molar-refractivity contribution in [3.63, 3.8) is 0 Å². The standard InChI is InChI=1S/C31H40N6O2/c1-20(2)31(38)35-12-8-28-27(19-35)30(33-37(28)24-9-13-39-14-10-24)36-11-4-5-22-15-25(23-17-32-34(3)18-23)26(16-29(22)36)21-6-7-21/h15-18,20-21,24H,4-14,19H2,1-3H3. The average Bonchev–Trinajstić information content (AvgIpc) is 3.61. The van der Waals surface area contributed by atoms with Crippen molar-refractivity contribution in [1.82, 2.24) is 24.5 Å². The van der Waals surface area contributed by atoms with E-state index in [9.17, 15) is 4.79 Å². The van der Waals surface area contributed by atoms with Crippen LogP contribution in [0.1, 0.15) is 80.3 Å². The fourth-order valence-corrected chi connectivity index (χ4v) is 6.84. The topological polar surface area (TPSA) is 68.4 Å². The summed E-state index contributed by atoms with van der Waals surface area (Å²) in [6, 6.07) is 5.27. The van der Waals surface area contributed by atoms with Gasteiger partial charge in [0.05, 0.1) is 18.8 Å². The molecule has 0 spiro atoms. The first-order valence-corrected chi connectivity index (χ1v) is 14.9. The van der Waals surface area contributed by atoms with Gasteiger partial charge in [0.25, 0.3) is 0 Å². The van der Waals surface area contributed by atoms with Gasteiger partial charge in [0.2, 0.25) is 5.91 Å². The largest absolute Gasteiger partial charge is 0.381 e. The van der Waals surface area contributed by atoms with E-state index in [-0.39, 0.29) is 11.8 Å². The molecule has 1 aromatic carbocycles. The van der Waals surface area contributed by atoms with Gasteiger partial charge >= 0.3 is 0 Å². The maximum absolute atomic E-state index is 13.1. The number of carbonyl (C=O) groups is 1. The second-order valence-electron chi connectivity index (χ2n) is 12.2. The third-order valence-electron chi connectivity index (χ3n) is 9.07. The van der Waals surface area contributed by atoms with Gasteiger partial charge < -0.3 is 14.5 Å². The molecule has 39 heavy (non-hydrogen) atoms. The number of amides is 1. The molecule has 7 rings (SSSR count). The van der Waals surface area contributed by atoms with Crippen LogP contribution < -0.4 is 4.90 Å². The maximum atomic E-state index is 13.1. The molecule has 5 heterocycles. The molecule has 0 N–H and O–H groups in total. The van der Waals surface area contributed by atoms with Crippen LogP contribution in [0.3, 0.4) is 0 Å². The van der Waals surface area contributed by atoms with E-state index in [1.165, 1.54) is 52.0 Å². The van der Waals surface area contributed by atoms with Gasteiger partial charge in [0, 0.05) is 74.4 Å². The molecule has 3 aliphatic heterocycles. The van der Waals surface area contributed by atoms with Crippen LogP contribution in [-0.2, 0) is 36.0 Å². The Morgan fingerprint density at radius 1 is 1.08 bits per heavy atom. The highest BCUT2D eigenvalue weighted by Gasteiger charge is 2.35. The highest BCUT2D eigenvalue weighted by Crippen LogP contribution is 2.49. The Morgan fingerprint density at radius 2 is 1.90 bits per heavy atom. The summed E-state index contributed by atoms with van der Waals surface area (Å²) in [4.78, 5) is 17.6. The summed E-state index contributed by atoms with van der Waals surface area (Å²) in [6.45, 7) is 7.98. The van der Waals surface area contributed by atoms with Crippen LogP contribution in [0.15, 0.2) is 24.5 Å². The van der Waals surface area contributed by atoms with Crippen LogP contribution in [0, 0.1) is 5.92 Å². The van der Waals surface area contributed by atoms with Crippen molar-refractivity contribution in [3.05, 3.63) is 46.9 Å². The molecule has 8 nitrogen and oxygen atoms in total. The molecule has 1 saturated carbocycles. The normalized spacial score (nSPS) is 19.9. The van der Waals surface area contributed by atoms with E-state index < -0.39 is 0 Å². The van der Waals surface area contributed by atoms with Crippen LogP contribution in [0.25, 0.3) is 11.1 Å². The van der Waals surface area contributed by atoms with Crippen molar-refractivity contribution in [3.8, 4) is 11.1 Å². The first-order valence-electron chi connectivity index (χ1n) is 14.9. The molecular weight excluding hydrogens is 488 g/mol. The number of anilines is 2. The van der Waals surface area contributed by atoms with E-state index in [0.717, 1.165) is 64.2 Å². The van der Waals surface area contributed by atoms with Crippen molar-refractivity contribution < 1.29 is 9.53 Å². The number of nitrogens with zero attached hydrogens (tertiary/aromatic N) is 6. The lowest BCUT2D eigenvalue weighted by atomic mass is 9.91. The Kier molecular flexibility index (Phi) is 6.26. The first-order chi connectivity index (χ1) is 19.0. The second kappa shape index (κ2) is 9.81. The molecule has 206 valence electrons. The van der Waals surface area contributed by atoms with Crippen molar-refractivity contribution >= 4 is 17.4 Å². The number of carbonyl (C=O) groups excluding carboxylic acids is 1. The van der Waals surface area contributed by atoms with Gasteiger partial charge in [-0.25, -0.2) is 0 Å². The molecule has 4 aliphatic rings. The number of aromatic nitrogens is 4. The number of hydrogen-bond donors (Lipinski definition) is 0. The van der Waals surface area contributed by atoms with E-state index in [1.807, 2.05) is 31.8 Å². The second-order valence-corrected chi connectivity index (χ2v) is 12.2. The summed E-state index contributed by atoms with van der Waals surface area (Å²) in [5, 5.41) is 9.86. The third-order valence-corrected chi connectivity index (χ3v) is 9.07. The lowest BCUT2D eigenvalue weighted by Crippen LogP contribution is -2.39. The van der Waals surface area contributed by atoms with Gasteiger partial charge in [-0.05, 0) is 73.3 Å². The summed E-state index contributed by atoms with van der Waals surface area (Å²) in [5.74, 6) is 1.93. The molecule has 0 bridgehead atoms. The lowest BCUT2D eigenvalue weighted by Gasteiger charge is -2.34. The van der Waals surface area contributed by atoms with Gasteiger partial charge in [-0.2, -0.15) is 10.2 Å². The van der Waals surface area contributed by atoms with Crippen molar-refractivity contribution in [2.24, 2.45) is 13.0 Å². The highest BCUT2D eigenvalue weighted by atomic mass is 16.5. The summed E-state index contributed by atoms with van der Waals surface area (Å²) in [6.07, 6.45) is 11.7. The smallest absolute Gasteiger partial charge is 0.225 e. The molecule has 2 fully saturated rings. The van der Waals surface area contributed by atoms with Gasteiger partial charge in [0.15, 0.2) is 5.82 Å². The average molecular weight is 529 g/mol. The van der Waals surface area contributed by atoms with Crippen LogP contribution in [-0.4, -0.2) is 56.7 Å². The van der Waals surface area contributed by atoms with E-state index >= 15 is 0 Å². The van der Waals surface area contributed by atoms with Crippen molar-refractivity contribution in [2.75, 3.05) is 31.2 Å². The van der Waals surface area contributed by atoms with Crippen LogP contribution >= 0.6 is 0 Å². The minimum atomic E-state index is 0.00301. The Morgan fingerprint density at radius 3 is 2.62 bits per heavy atom. The summed E-state index contributed by atoms with van der Waals surface area (Å²) >= 11 is 0. The highest BCUT2D eigenvalue weighted by molar-refractivity contribution is 5.80. The van der Waals surface area contributed by atoms with Crippen LogP contribution in [0.4, 0.5) is 11.5 Å². The summed E-state index contributed by atoms with van der Waals surface area (Å²) < 4.78 is 9.91. The molecule has 1 amide bonds. The Hall–Kier alpha value is -3.13. The molecule has 2 aromatic heterocycles. The predicted octanol–water partition coefficient (Wildman–Crippen LogP) is 5.14. The summed E-state index contributed by atoms with van der Waals surface area (Å²) in [5.41, 5.74) is 9.28. The molecule has 1 saturated heterocycles. The van der Waals surface area contributed by atoms with Crippen molar-refractivity contribution in [2.45, 2.75) is 77.3 Å². The number of fused-ring (bicyclic) bond motifs is 2. The number of rotatable bonds is 5. The Bertz CT molecular complexity index is 1390. The van der Waals surface area contributed by atoms with E-state index in [4.69, 9.17) is 9.84 Å². The number of benzene rings is 1. The maximum Gasteiger partial charge on any atom is 0.225 e. The Balaban J connectivity index is 1.33. The number of hydrogen-bond acceptors (Lipinski definition) is 5. The SMILES string of the molecule is CC(C)C(=O)N1CCc2c(c(N3CCCc4cc(-c5cnn(C)c5)c(C5CC5)cc43)nn2C2CCOCC2)C1.